The van der Waals surface area contributed by atoms with E-state index in [-0.39, 0.29) is 0 Å². The topological polar surface area (TPSA) is 71.2 Å². The smallest absolute Gasteiger partial charge is 0.312 e. The van der Waals surface area contributed by atoms with Crippen LogP contribution in [0.1, 0.15) is 18.5 Å². The highest BCUT2D eigenvalue weighted by molar-refractivity contribution is 5.77. The predicted molar refractivity (Wildman–Crippen MR) is 49.3 cm³/mol. The van der Waals surface area contributed by atoms with E-state index in [0.29, 0.717) is 5.69 Å². The molecule has 6 nitrogen and oxygen atoms in total. The first-order chi connectivity index (χ1) is 6.61. The maximum Gasteiger partial charge on any atom is 0.312 e. The number of likely N-dealkylation sites (N-methyl/N-ethyl adjacent to an activating group) is 1. The summed E-state index contributed by atoms with van der Waals surface area (Å²) in [6, 6.07) is 0. The van der Waals surface area contributed by atoms with Gasteiger partial charge in [0, 0.05) is 13.6 Å². The molecule has 2 heterocycles. The number of nitrogens with zero attached hydrogens (tertiary/aromatic N) is 4. The van der Waals surface area contributed by atoms with E-state index >= 15 is 0 Å². The first kappa shape index (κ1) is 8.98. The Morgan fingerprint density at radius 3 is 2.93 bits per heavy atom. The highest BCUT2D eigenvalue weighted by Crippen LogP contribution is 2.27. The molecule has 0 aliphatic carbocycles. The number of fused-ring (bicyclic) bond motifs is 1. The van der Waals surface area contributed by atoms with Gasteiger partial charge < -0.3 is 10.0 Å². The lowest BCUT2D eigenvalue weighted by molar-refractivity contribution is -0.138. The fourth-order valence-corrected chi connectivity index (χ4v) is 1.61. The Bertz CT molecular complexity index is 373. The number of aromatic nitrogens is 3. The van der Waals surface area contributed by atoms with Gasteiger partial charge in [-0.1, -0.05) is 5.21 Å². The molecule has 0 radical (unpaired) electrons. The minimum absolute atomic E-state index is 0.553. The summed E-state index contributed by atoms with van der Waals surface area (Å²) in [7, 11) is 1.92. The Hall–Kier alpha value is -1.59. The van der Waals surface area contributed by atoms with Crippen LogP contribution < -0.4 is 4.90 Å². The zero-order valence-electron chi connectivity index (χ0n) is 8.14. The molecule has 1 aromatic rings. The van der Waals surface area contributed by atoms with Crippen molar-refractivity contribution in [2.24, 2.45) is 0 Å². The van der Waals surface area contributed by atoms with Crippen LogP contribution in [0.25, 0.3) is 0 Å². The first-order valence-electron chi connectivity index (χ1n) is 4.48. The van der Waals surface area contributed by atoms with E-state index < -0.39 is 11.9 Å². The van der Waals surface area contributed by atoms with Crippen LogP contribution in [0.3, 0.4) is 0 Å². The van der Waals surface area contributed by atoms with E-state index in [4.69, 9.17) is 5.11 Å². The molecule has 1 unspecified atom stereocenters. The molecular formula is C8H12N4O2. The monoisotopic (exact) mass is 196 g/mol. The van der Waals surface area contributed by atoms with Crippen molar-refractivity contribution in [3.63, 3.8) is 0 Å². The number of carboxylic acid groups (broad SMARTS) is 1. The zero-order chi connectivity index (χ0) is 10.3. The van der Waals surface area contributed by atoms with Crippen molar-refractivity contribution in [2.45, 2.75) is 19.4 Å². The second-order valence-electron chi connectivity index (χ2n) is 3.50. The van der Waals surface area contributed by atoms with Crippen molar-refractivity contribution in [2.75, 3.05) is 18.5 Å². The minimum Gasteiger partial charge on any atom is -0.481 e. The molecule has 0 bridgehead atoms. The molecular weight excluding hydrogens is 184 g/mol. The van der Waals surface area contributed by atoms with E-state index in [0.717, 1.165) is 18.9 Å². The fraction of sp³-hybridized carbons (Fsp3) is 0.625. The van der Waals surface area contributed by atoms with Crippen LogP contribution >= 0.6 is 0 Å². The van der Waals surface area contributed by atoms with E-state index in [1.807, 2.05) is 11.9 Å². The Morgan fingerprint density at radius 1 is 1.57 bits per heavy atom. The standard InChI is InChI=1S/C8H12N4O2/c1-5(8(13)14)6-7-11(2)3-4-12(7)10-9-6/h5H,3-4H2,1-2H3,(H,13,14). The van der Waals surface area contributed by atoms with Crippen LogP contribution in [0, 0.1) is 0 Å². The first-order valence-corrected chi connectivity index (χ1v) is 4.48. The van der Waals surface area contributed by atoms with Gasteiger partial charge in [0.25, 0.3) is 0 Å². The van der Waals surface area contributed by atoms with Crippen molar-refractivity contribution in [1.82, 2.24) is 15.0 Å². The summed E-state index contributed by atoms with van der Waals surface area (Å²) >= 11 is 0. The molecule has 0 spiro atoms. The maximum absolute atomic E-state index is 10.8. The van der Waals surface area contributed by atoms with Crippen LogP contribution in [0.15, 0.2) is 0 Å². The molecule has 0 saturated carbocycles. The molecule has 1 aromatic heterocycles. The number of aliphatic carboxylic acids is 1. The lowest BCUT2D eigenvalue weighted by Gasteiger charge is -2.11. The molecule has 0 saturated heterocycles. The van der Waals surface area contributed by atoms with Gasteiger partial charge in [0.2, 0.25) is 0 Å². The van der Waals surface area contributed by atoms with Gasteiger partial charge in [-0.05, 0) is 6.92 Å². The normalized spacial score (nSPS) is 16.9. The third kappa shape index (κ3) is 1.14. The van der Waals surface area contributed by atoms with Crippen molar-refractivity contribution < 1.29 is 9.90 Å². The van der Waals surface area contributed by atoms with Gasteiger partial charge in [-0.3, -0.25) is 4.79 Å². The number of hydrogen-bond donors (Lipinski definition) is 1. The minimum atomic E-state index is -0.867. The quantitative estimate of drug-likeness (QED) is 0.716. The lowest BCUT2D eigenvalue weighted by atomic mass is 10.1. The van der Waals surface area contributed by atoms with Crippen LogP contribution in [-0.2, 0) is 11.3 Å². The summed E-state index contributed by atoms with van der Waals surface area (Å²) in [5.41, 5.74) is 0.553. The third-order valence-corrected chi connectivity index (χ3v) is 2.52. The summed E-state index contributed by atoms with van der Waals surface area (Å²) in [6.45, 7) is 3.27. The molecule has 76 valence electrons. The molecule has 1 aliphatic rings. The van der Waals surface area contributed by atoms with Gasteiger partial charge in [-0.2, -0.15) is 0 Å². The number of rotatable bonds is 2. The van der Waals surface area contributed by atoms with Gasteiger partial charge in [-0.25, -0.2) is 4.68 Å². The fourth-order valence-electron chi connectivity index (χ4n) is 1.61. The van der Waals surface area contributed by atoms with Crippen molar-refractivity contribution in [3.8, 4) is 0 Å². The molecule has 0 fully saturated rings. The molecule has 1 N–H and O–H groups in total. The molecule has 1 aliphatic heterocycles. The second kappa shape index (κ2) is 2.97. The number of anilines is 1. The highest BCUT2D eigenvalue weighted by Gasteiger charge is 2.28. The molecule has 6 heteroatoms. The van der Waals surface area contributed by atoms with Crippen LogP contribution in [-0.4, -0.2) is 39.7 Å². The largest absolute Gasteiger partial charge is 0.481 e. The van der Waals surface area contributed by atoms with Crippen LogP contribution in [0.4, 0.5) is 5.82 Å². The zero-order valence-corrected chi connectivity index (χ0v) is 8.14. The van der Waals surface area contributed by atoms with E-state index in [9.17, 15) is 4.79 Å². The summed E-state index contributed by atoms with van der Waals surface area (Å²) in [6.07, 6.45) is 0. The average Bonchev–Trinajstić information content (AvgIpc) is 2.68. The van der Waals surface area contributed by atoms with E-state index in [1.165, 1.54) is 0 Å². The summed E-state index contributed by atoms with van der Waals surface area (Å²) in [4.78, 5) is 12.8. The highest BCUT2D eigenvalue weighted by atomic mass is 16.4. The van der Waals surface area contributed by atoms with Crippen molar-refractivity contribution in [1.29, 1.82) is 0 Å². The maximum atomic E-state index is 10.8. The number of carboxylic acids is 1. The Kier molecular flexibility index (Phi) is 1.90. The van der Waals surface area contributed by atoms with Gasteiger partial charge in [0.1, 0.15) is 11.6 Å². The Labute approximate surface area is 81.1 Å². The van der Waals surface area contributed by atoms with Gasteiger partial charge in [-0.15, -0.1) is 5.10 Å². The average molecular weight is 196 g/mol. The predicted octanol–water partition coefficient (Wildman–Crippen LogP) is -0.0840. The molecule has 0 aromatic carbocycles. The number of hydrogen-bond acceptors (Lipinski definition) is 4. The summed E-state index contributed by atoms with van der Waals surface area (Å²) in [5.74, 6) is -0.632. The van der Waals surface area contributed by atoms with E-state index in [1.54, 1.807) is 11.6 Å². The summed E-state index contributed by atoms with van der Waals surface area (Å²) in [5, 5.41) is 16.7. The molecule has 0 amide bonds. The second-order valence-corrected chi connectivity index (χ2v) is 3.50. The van der Waals surface area contributed by atoms with Crippen LogP contribution in [0.5, 0.6) is 0 Å². The summed E-state index contributed by atoms with van der Waals surface area (Å²) < 4.78 is 1.74. The number of carbonyl (C=O) groups is 1. The molecule has 2 rings (SSSR count). The van der Waals surface area contributed by atoms with Crippen molar-refractivity contribution >= 4 is 11.8 Å². The van der Waals surface area contributed by atoms with Crippen molar-refractivity contribution in [3.05, 3.63) is 5.69 Å². The Balaban J connectivity index is 2.41. The lowest BCUT2D eigenvalue weighted by Crippen LogP contribution is -2.17. The SMILES string of the molecule is CC(C(=O)O)c1nnn2c1N(C)CC2. The third-order valence-electron chi connectivity index (χ3n) is 2.52. The molecule has 1 atom stereocenters. The van der Waals surface area contributed by atoms with Gasteiger partial charge in [0.15, 0.2) is 5.82 Å². The van der Waals surface area contributed by atoms with Gasteiger partial charge in [0.05, 0.1) is 6.54 Å². The van der Waals surface area contributed by atoms with Crippen LogP contribution in [0.2, 0.25) is 0 Å². The Morgan fingerprint density at radius 2 is 2.29 bits per heavy atom. The molecule has 14 heavy (non-hydrogen) atoms. The van der Waals surface area contributed by atoms with E-state index in [2.05, 4.69) is 10.3 Å². The van der Waals surface area contributed by atoms with Gasteiger partial charge >= 0.3 is 5.97 Å².